The van der Waals surface area contributed by atoms with Gasteiger partial charge >= 0.3 is 0 Å². The largest absolute Gasteiger partial charge is 0.356 e. The molecule has 0 unspecified atom stereocenters. The highest BCUT2D eigenvalue weighted by atomic mass is 35.5. The molecule has 29 heavy (non-hydrogen) atoms. The average Bonchev–Trinajstić information content (AvgIpc) is 3.14. The van der Waals surface area contributed by atoms with Gasteiger partial charge in [-0.25, -0.2) is 9.97 Å². The maximum Gasteiger partial charge on any atom is 0.224 e. The van der Waals surface area contributed by atoms with Gasteiger partial charge in [0.1, 0.15) is 5.82 Å². The predicted octanol–water partition coefficient (Wildman–Crippen LogP) is 5.54. The highest BCUT2D eigenvalue weighted by molar-refractivity contribution is 7.19. The normalized spacial score (nSPS) is 10.8. The van der Waals surface area contributed by atoms with Gasteiger partial charge in [0.15, 0.2) is 5.82 Å². The first-order chi connectivity index (χ1) is 14.0. The van der Waals surface area contributed by atoms with Crippen molar-refractivity contribution >= 4 is 40.4 Å². The lowest BCUT2D eigenvalue weighted by Gasteiger charge is -2.14. The molecule has 0 radical (unpaired) electrons. The molecule has 0 aliphatic carbocycles. The average molecular weight is 429 g/mol. The standard InChI is InChI=1S/C22H25ClN4OS/c1-4-12-24-20(28)13-15-6-8-16(9-7-15)26-21-17(5-2)14(3)25-22(27-21)18-10-11-19(23)29-18/h6-11H,4-5,12-13H2,1-3H3,(H,24,28)(H,25,26,27). The second kappa shape index (κ2) is 9.85. The fourth-order valence-electron chi connectivity index (χ4n) is 3.02. The molecule has 0 atom stereocenters. The van der Waals surface area contributed by atoms with Crippen LogP contribution in [-0.2, 0) is 17.6 Å². The molecule has 3 rings (SSSR count). The third-order valence-corrected chi connectivity index (χ3v) is 5.74. The molecule has 152 valence electrons. The smallest absolute Gasteiger partial charge is 0.224 e. The zero-order valence-corrected chi connectivity index (χ0v) is 18.5. The molecule has 0 aliphatic rings. The quantitative estimate of drug-likeness (QED) is 0.494. The first kappa shape index (κ1) is 21.3. The van der Waals surface area contributed by atoms with Crippen molar-refractivity contribution in [3.8, 4) is 10.7 Å². The van der Waals surface area contributed by atoms with E-state index in [1.54, 1.807) is 0 Å². The number of anilines is 2. The van der Waals surface area contributed by atoms with Crippen LogP contribution in [-0.4, -0.2) is 22.4 Å². The number of carbonyl (C=O) groups is 1. The third-order valence-electron chi connectivity index (χ3n) is 4.51. The maximum atomic E-state index is 11.9. The Hall–Kier alpha value is -2.44. The van der Waals surface area contributed by atoms with Crippen LogP contribution in [0.3, 0.4) is 0 Å². The van der Waals surface area contributed by atoms with Crippen molar-refractivity contribution < 1.29 is 4.79 Å². The first-order valence-electron chi connectivity index (χ1n) is 9.76. The number of hydrogen-bond donors (Lipinski definition) is 2. The summed E-state index contributed by atoms with van der Waals surface area (Å²) in [5, 5.41) is 6.32. The van der Waals surface area contributed by atoms with Crippen LogP contribution < -0.4 is 10.6 Å². The molecule has 2 heterocycles. The summed E-state index contributed by atoms with van der Waals surface area (Å²) >= 11 is 7.54. The summed E-state index contributed by atoms with van der Waals surface area (Å²) in [7, 11) is 0. The van der Waals surface area contributed by atoms with Crippen LogP contribution in [0.2, 0.25) is 4.34 Å². The van der Waals surface area contributed by atoms with Crippen molar-refractivity contribution in [3.05, 3.63) is 57.6 Å². The van der Waals surface area contributed by atoms with E-state index in [1.807, 2.05) is 50.2 Å². The van der Waals surface area contributed by atoms with Crippen molar-refractivity contribution in [1.29, 1.82) is 0 Å². The molecule has 7 heteroatoms. The first-order valence-corrected chi connectivity index (χ1v) is 11.0. The van der Waals surface area contributed by atoms with Gasteiger partial charge in [0.25, 0.3) is 0 Å². The molecule has 5 nitrogen and oxygen atoms in total. The molecule has 0 bridgehead atoms. The van der Waals surface area contributed by atoms with Crippen LogP contribution in [0.15, 0.2) is 36.4 Å². The molecule has 0 fully saturated rings. The lowest BCUT2D eigenvalue weighted by atomic mass is 10.1. The number of nitrogens with zero attached hydrogens (tertiary/aromatic N) is 2. The number of aryl methyl sites for hydroxylation is 1. The zero-order chi connectivity index (χ0) is 20.8. The molecule has 0 saturated carbocycles. The Morgan fingerprint density at radius 2 is 1.86 bits per heavy atom. The fourth-order valence-corrected chi connectivity index (χ4v) is 4.00. The van der Waals surface area contributed by atoms with Crippen LogP contribution in [0.5, 0.6) is 0 Å². The molecule has 1 amide bonds. The number of halogens is 1. The van der Waals surface area contributed by atoms with E-state index >= 15 is 0 Å². The number of nitrogens with one attached hydrogen (secondary N) is 2. The van der Waals surface area contributed by atoms with Crippen molar-refractivity contribution in [2.75, 3.05) is 11.9 Å². The molecule has 1 aromatic carbocycles. The topological polar surface area (TPSA) is 66.9 Å². The van der Waals surface area contributed by atoms with Crippen LogP contribution in [0.25, 0.3) is 10.7 Å². The van der Waals surface area contributed by atoms with E-state index in [-0.39, 0.29) is 5.91 Å². The van der Waals surface area contributed by atoms with E-state index in [2.05, 4.69) is 22.5 Å². The second-order valence-corrected chi connectivity index (χ2v) is 8.48. The van der Waals surface area contributed by atoms with Gasteiger partial charge in [-0.05, 0) is 49.6 Å². The number of thiophene rings is 1. The zero-order valence-electron chi connectivity index (χ0n) is 16.9. The number of carbonyl (C=O) groups excluding carboxylic acids is 1. The van der Waals surface area contributed by atoms with E-state index in [9.17, 15) is 4.79 Å². The monoisotopic (exact) mass is 428 g/mol. The highest BCUT2D eigenvalue weighted by Crippen LogP contribution is 2.31. The summed E-state index contributed by atoms with van der Waals surface area (Å²) in [4.78, 5) is 22.2. The van der Waals surface area contributed by atoms with Crippen molar-refractivity contribution in [2.24, 2.45) is 0 Å². The van der Waals surface area contributed by atoms with Gasteiger partial charge in [-0.15, -0.1) is 11.3 Å². The number of aromatic nitrogens is 2. The third kappa shape index (κ3) is 5.55. The van der Waals surface area contributed by atoms with Gasteiger partial charge in [-0.1, -0.05) is 37.6 Å². The van der Waals surface area contributed by atoms with E-state index in [4.69, 9.17) is 16.6 Å². The molecule has 0 spiro atoms. The number of benzene rings is 1. The SMILES string of the molecule is CCCNC(=O)Cc1ccc(Nc2nc(-c3ccc(Cl)s3)nc(C)c2CC)cc1. The van der Waals surface area contributed by atoms with Gasteiger partial charge in [0.05, 0.1) is 15.6 Å². The molecule has 2 N–H and O–H groups in total. The molecule has 3 aromatic rings. The minimum absolute atomic E-state index is 0.0477. The van der Waals surface area contributed by atoms with Crippen LogP contribution in [0.1, 0.15) is 37.1 Å². The number of rotatable bonds is 8. The van der Waals surface area contributed by atoms with E-state index in [0.717, 1.165) is 46.0 Å². The highest BCUT2D eigenvalue weighted by Gasteiger charge is 2.13. The lowest BCUT2D eigenvalue weighted by Crippen LogP contribution is -2.25. The minimum atomic E-state index is 0.0477. The van der Waals surface area contributed by atoms with Crippen LogP contribution in [0.4, 0.5) is 11.5 Å². The van der Waals surface area contributed by atoms with Gasteiger partial charge in [0.2, 0.25) is 5.91 Å². The summed E-state index contributed by atoms with van der Waals surface area (Å²) in [5.41, 5.74) is 3.94. The Morgan fingerprint density at radius 1 is 1.10 bits per heavy atom. The number of hydrogen-bond acceptors (Lipinski definition) is 5. The van der Waals surface area contributed by atoms with Gasteiger partial charge < -0.3 is 10.6 Å². The minimum Gasteiger partial charge on any atom is -0.356 e. The van der Waals surface area contributed by atoms with Crippen molar-refractivity contribution in [3.63, 3.8) is 0 Å². The van der Waals surface area contributed by atoms with E-state index in [0.29, 0.717) is 23.1 Å². The lowest BCUT2D eigenvalue weighted by molar-refractivity contribution is -0.120. The Kier molecular flexibility index (Phi) is 7.23. The Bertz CT molecular complexity index is 985. The van der Waals surface area contributed by atoms with Crippen molar-refractivity contribution in [1.82, 2.24) is 15.3 Å². The van der Waals surface area contributed by atoms with Gasteiger partial charge in [-0.3, -0.25) is 4.79 Å². The van der Waals surface area contributed by atoms with Crippen molar-refractivity contribution in [2.45, 2.75) is 40.0 Å². The Balaban J connectivity index is 1.80. The summed E-state index contributed by atoms with van der Waals surface area (Å²) in [6, 6.07) is 11.7. The molecule has 0 saturated heterocycles. The van der Waals surface area contributed by atoms with E-state index < -0.39 is 0 Å². The molecular formula is C22H25ClN4OS. The summed E-state index contributed by atoms with van der Waals surface area (Å²) in [6.45, 7) is 6.85. The molecular weight excluding hydrogens is 404 g/mol. The van der Waals surface area contributed by atoms with Crippen LogP contribution in [0, 0.1) is 6.92 Å². The summed E-state index contributed by atoms with van der Waals surface area (Å²) in [6.07, 6.45) is 2.15. The van der Waals surface area contributed by atoms with E-state index in [1.165, 1.54) is 11.3 Å². The molecule has 0 aliphatic heterocycles. The maximum absolute atomic E-state index is 11.9. The van der Waals surface area contributed by atoms with Gasteiger partial charge in [0, 0.05) is 23.5 Å². The van der Waals surface area contributed by atoms with Crippen LogP contribution >= 0.6 is 22.9 Å². The predicted molar refractivity (Wildman–Crippen MR) is 121 cm³/mol. The summed E-state index contributed by atoms with van der Waals surface area (Å²) in [5.74, 6) is 1.52. The second-order valence-electron chi connectivity index (χ2n) is 6.77. The Labute approximate surface area is 180 Å². The molecule has 2 aromatic heterocycles. The Morgan fingerprint density at radius 3 is 2.48 bits per heavy atom. The fraction of sp³-hybridized carbons (Fsp3) is 0.318. The number of amides is 1. The van der Waals surface area contributed by atoms with Gasteiger partial charge in [-0.2, -0.15) is 0 Å². The summed E-state index contributed by atoms with van der Waals surface area (Å²) < 4.78 is 0.717.